The van der Waals surface area contributed by atoms with Gasteiger partial charge in [0.25, 0.3) is 0 Å². The first-order valence-corrected chi connectivity index (χ1v) is 10.8. The van der Waals surface area contributed by atoms with Crippen LogP contribution in [0.1, 0.15) is 71.1 Å². The van der Waals surface area contributed by atoms with E-state index in [0.29, 0.717) is 0 Å². The largest absolute Gasteiger partial charge is 0.368 e. The van der Waals surface area contributed by atoms with Gasteiger partial charge in [0.2, 0.25) is 0 Å². The molecule has 0 amide bonds. The first-order valence-electron chi connectivity index (χ1n) is 8.32. The lowest BCUT2D eigenvalue weighted by Gasteiger charge is -2.10. The zero-order valence-electron chi connectivity index (χ0n) is 13.0. The van der Waals surface area contributed by atoms with Crippen LogP contribution in [0.15, 0.2) is 18.7 Å². The fraction of sp³-hybridized carbons (Fsp3) is 0.812. The topological polar surface area (TPSA) is 17.8 Å². The summed E-state index contributed by atoms with van der Waals surface area (Å²) in [7, 11) is -0.735. The van der Waals surface area contributed by atoms with Gasteiger partial charge in [-0.15, -0.1) is 0 Å². The summed E-state index contributed by atoms with van der Waals surface area (Å²) < 4.78 is 2.35. The van der Waals surface area contributed by atoms with Crippen molar-refractivity contribution >= 4 is 8.96 Å². The van der Waals surface area contributed by atoms with Gasteiger partial charge in [-0.25, -0.2) is 4.98 Å². The van der Waals surface area contributed by atoms with Crippen molar-refractivity contribution in [3.05, 3.63) is 18.7 Å². The summed E-state index contributed by atoms with van der Waals surface area (Å²) in [5.74, 6) is 0. The number of hydrogen-bond acceptors (Lipinski definition) is 1. The van der Waals surface area contributed by atoms with Gasteiger partial charge < -0.3 is 4.23 Å². The Bertz CT molecular complexity index is 285. The predicted octanol–water partition coefficient (Wildman–Crippen LogP) is 5.01. The Kier molecular flexibility index (Phi) is 9.78. The van der Waals surface area contributed by atoms with Crippen molar-refractivity contribution in [1.29, 1.82) is 0 Å². The van der Waals surface area contributed by atoms with Crippen LogP contribution in [0.5, 0.6) is 0 Å². The van der Waals surface area contributed by atoms with E-state index in [9.17, 15) is 0 Å². The molecule has 1 aromatic rings. The van der Waals surface area contributed by atoms with Gasteiger partial charge in [0.05, 0.1) is 6.33 Å². The maximum absolute atomic E-state index is 4.14. The minimum absolute atomic E-state index is 0.735. The Balaban J connectivity index is 1.83. The average molecular weight is 281 g/mol. The van der Waals surface area contributed by atoms with E-state index in [1.54, 1.807) is 0 Å². The van der Waals surface area contributed by atoms with Crippen LogP contribution in [0.3, 0.4) is 0 Å². The van der Waals surface area contributed by atoms with E-state index in [1.165, 1.54) is 70.3 Å². The van der Waals surface area contributed by atoms with Crippen molar-refractivity contribution < 1.29 is 0 Å². The van der Waals surface area contributed by atoms with E-state index in [1.807, 2.05) is 12.5 Å². The molecule has 0 saturated carbocycles. The van der Waals surface area contributed by atoms with Crippen molar-refractivity contribution in [1.82, 2.24) is 9.22 Å². The Morgan fingerprint density at radius 1 is 0.895 bits per heavy atom. The predicted molar refractivity (Wildman–Crippen MR) is 87.3 cm³/mol. The van der Waals surface area contributed by atoms with Crippen molar-refractivity contribution in [3.63, 3.8) is 0 Å². The van der Waals surface area contributed by atoms with Gasteiger partial charge in [-0.3, -0.25) is 0 Å². The third kappa shape index (κ3) is 8.25. The van der Waals surface area contributed by atoms with Gasteiger partial charge in [0.1, 0.15) is 8.96 Å². The molecule has 19 heavy (non-hydrogen) atoms. The van der Waals surface area contributed by atoms with Gasteiger partial charge in [0.15, 0.2) is 0 Å². The Morgan fingerprint density at radius 3 is 2.00 bits per heavy atom. The smallest absolute Gasteiger partial charge is 0.144 e. The molecule has 0 aliphatic rings. The van der Waals surface area contributed by atoms with Crippen molar-refractivity contribution in [3.8, 4) is 0 Å². The van der Waals surface area contributed by atoms with Crippen LogP contribution in [0.25, 0.3) is 0 Å². The molecule has 0 fully saturated rings. The first kappa shape index (κ1) is 16.5. The van der Waals surface area contributed by atoms with E-state index < -0.39 is 8.96 Å². The van der Waals surface area contributed by atoms with E-state index >= 15 is 0 Å². The highest BCUT2D eigenvalue weighted by molar-refractivity contribution is 6.55. The standard InChI is InChI=1S/C16H32N2Si/c1-3-4-5-6-7-8-9-10-11-12-15-19(2)18-14-13-17-16-18/h13-14,16,19H,3-12,15H2,1-2H3. The maximum atomic E-state index is 4.14. The third-order valence-corrected chi connectivity index (χ3v) is 6.58. The lowest BCUT2D eigenvalue weighted by Crippen LogP contribution is -2.17. The molecule has 1 atom stereocenters. The Morgan fingerprint density at radius 2 is 1.47 bits per heavy atom. The highest BCUT2D eigenvalue weighted by Crippen LogP contribution is 2.12. The maximum Gasteiger partial charge on any atom is 0.144 e. The van der Waals surface area contributed by atoms with Crippen LogP contribution in [0, 0.1) is 0 Å². The summed E-state index contributed by atoms with van der Waals surface area (Å²) in [5.41, 5.74) is 0. The quantitative estimate of drug-likeness (QED) is 0.389. The van der Waals surface area contributed by atoms with Crippen LogP contribution in [-0.4, -0.2) is 18.2 Å². The fourth-order valence-electron chi connectivity index (χ4n) is 2.61. The summed E-state index contributed by atoms with van der Waals surface area (Å²) in [5, 5.41) is 0. The second-order valence-electron chi connectivity index (χ2n) is 5.83. The molecule has 0 aliphatic heterocycles. The molecule has 0 aromatic carbocycles. The number of aromatic nitrogens is 2. The highest BCUT2D eigenvalue weighted by atomic mass is 28.3. The summed E-state index contributed by atoms with van der Waals surface area (Å²) in [6, 6.07) is 1.42. The van der Waals surface area contributed by atoms with Crippen molar-refractivity contribution in [2.24, 2.45) is 0 Å². The van der Waals surface area contributed by atoms with Gasteiger partial charge in [0, 0.05) is 12.4 Å². The molecule has 2 nitrogen and oxygen atoms in total. The molecule has 110 valence electrons. The minimum Gasteiger partial charge on any atom is -0.368 e. The summed E-state index contributed by atoms with van der Waals surface area (Å²) in [4.78, 5) is 4.14. The van der Waals surface area contributed by atoms with Gasteiger partial charge in [-0.1, -0.05) is 77.7 Å². The molecule has 1 heterocycles. The van der Waals surface area contributed by atoms with Crippen LogP contribution >= 0.6 is 0 Å². The number of nitrogens with zero attached hydrogens (tertiary/aromatic N) is 2. The van der Waals surface area contributed by atoms with Crippen LogP contribution in [-0.2, 0) is 0 Å². The van der Waals surface area contributed by atoms with Crippen LogP contribution in [0.2, 0.25) is 12.6 Å². The fourth-order valence-corrected chi connectivity index (χ4v) is 4.46. The zero-order chi connectivity index (χ0) is 13.8. The normalized spacial score (nSPS) is 12.7. The van der Waals surface area contributed by atoms with E-state index in [2.05, 4.69) is 28.9 Å². The molecule has 1 aromatic heterocycles. The van der Waals surface area contributed by atoms with Gasteiger partial charge in [-0.2, -0.15) is 0 Å². The number of imidazole rings is 1. The SMILES string of the molecule is CCCCCCCCCCCC[SiH](C)n1ccnc1. The lowest BCUT2D eigenvalue weighted by atomic mass is 10.1. The van der Waals surface area contributed by atoms with E-state index in [-0.39, 0.29) is 0 Å². The number of rotatable bonds is 12. The van der Waals surface area contributed by atoms with E-state index in [0.717, 1.165) is 0 Å². The Hall–Kier alpha value is -0.573. The zero-order valence-corrected chi connectivity index (χ0v) is 14.1. The summed E-state index contributed by atoms with van der Waals surface area (Å²) in [6.07, 6.45) is 20.4. The lowest BCUT2D eigenvalue weighted by molar-refractivity contribution is 0.561. The number of hydrogen-bond donors (Lipinski definition) is 0. The molecule has 1 rings (SSSR count). The average Bonchev–Trinajstić information content (AvgIpc) is 2.95. The first-order chi connectivity index (χ1) is 9.34. The van der Waals surface area contributed by atoms with Crippen molar-refractivity contribution in [2.75, 3.05) is 0 Å². The molecule has 0 radical (unpaired) electrons. The summed E-state index contributed by atoms with van der Waals surface area (Å²) >= 11 is 0. The highest BCUT2D eigenvalue weighted by Gasteiger charge is 2.04. The molecule has 1 unspecified atom stereocenters. The molecule has 0 aliphatic carbocycles. The second kappa shape index (κ2) is 11.3. The molecule has 0 spiro atoms. The second-order valence-corrected chi connectivity index (χ2v) is 8.70. The van der Waals surface area contributed by atoms with E-state index in [4.69, 9.17) is 0 Å². The number of unbranched alkanes of at least 4 members (excludes halogenated alkanes) is 9. The Labute approximate surface area is 121 Å². The van der Waals surface area contributed by atoms with Crippen LogP contribution < -0.4 is 0 Å². The molecular weight excluding hydrogens is 248 g/mol. The van der Waals surface area contributed by atoms with Crippen molar-refractivity contribution in [2.45, 2.75) is 83.7 Å². The summed E-state index contributed by atoms with van der Waals surface area (Å²) in [6.45, 7) is 4.71. The third-order valence-electron chi connectivity index (χ3n) is 4.01. The van der Waals surface area contributed by atoms with Gasteiger partial charge >= 0.3 is 0 Å². The monoisotopic (exact) mass is 280 g/mol. The van der Waals surface area contributed by atoms with Gasteiger partial charge in [-0.05, 0) is 6.04 Å². The molecule has 3 heteroatoms. The molecule has 0 N–H and O–H groups in total. The van der Waals surface area contributed by atoms with Crippen LogP contribution in [0.4, 0.5) is 0 Å². The molecule has 0 bridgehead atoms. The molecule has 0 saturated heterocycles. The minimum atomic E-state index is -0.735. The molecular formula is C16H32N2Si.